The Hall–Kier alpha value is -2.54. The molecule has 108 valence electrons. The zero-order valence-electron chi connectivity index (χ0n) is 11.2. The highest BCUT2D eigenvalue weighted by Crippen LogP contribution is 2.22. The molecule has 2 heterocycles. The molecule has 0 unspecified atom stereocenters. The number of halogens is 1. The fourth-order valence-electron chi connectivity index (χ4n) is 2.08. The van der Waals surface area contributed by atoms with Crippen molar-refractivity contribution < 1.29 is 0 Å². The first-order chi connectivity index (χ1) is 10.1. The van der Waals surface area contributed by atoms with E-state index in [0.29, 0.717) is 11.6 Å². The molecule has 2 aromatic heterocycles. The predicted octanol–water partition coefficient (Wildman–Crippen LogP) is 1.41. The van der Waals surface area contributed by atoms with Crippen LogP contribution in [0.1, 0.15) is 11.3 Å². The summed E-state index contributed by atoms with van der Waals surface area (Å²) in [7, 11) is 0. The highest BCUT2D eigenvalue weighted by molar-refractivity contribution is 6.31. The third-order valence-electron chi connectivity index (χ3n) is 3.22. The van der Waals surface area contributed by atoms with Gasteiger partial charge in [0.2, 0.25) is 5.95 Å². The summed E-state index contributed by atoms with van der Waals surface area (Å²) in [5.41, 5.74) is 1.84. The summed E-state index contributed by atoms with van der Waals surface area (Å²) in [6.07, 6.45) is 1.87. The maximum absolute atomic E-state index is 11.7. The number of H-pyrrole nitrogens is 1. The summed E-state index contributed by atoms with van der Waals surface area (Å²) in [5.74, 6) is 5.88. The number of aromatic amines is 1. The van der Waals surface area contributed by atoms with E-state index in [9.17, 15) is 4.79 Å². The van der Waals surface area contributed by atoms with Gasteiger partial charge in [0.05, 0.1) is 0 Å². The fourth-order valence-corrected chi connectivity index (χ4v) is 2.25. The van der Waals surface area contributed by atoms with Gasteiger partial charge in [-0.05, 0) is 30.7 Å². The minimum Gasteiger partial charge on any atom is -0.361 e. The van der Waals surface area contributed by atoms with Gasteiger partial charge >= 0.3 is 0 Å². The SMILES string of the molecule is Cc1nnc(NCc2c[nH]c3ccc(Cl)cc23)n(N)c1=O. The standard InChI is InChI=1S/C13H13ClN6O/c1-7-12(21)20(15)13(19-18-7)17-6-8-5-16-11-3-2-9(14)4-10(8)11/h2-5,16H,6,15H2,1H3,(H,17,19). The van der Waals surface area contributed by atoms with Gasteiger partial charge in [-0.3, -0.25) is 4.79 Å². The van der Waals surface area contributed by atoms with Gasteiger partial charge in [-0.15, -0.1) is 10.2 Å². The summed E-state index contributed by atoms with van der Waals surface area (Å²) in [5, 5.41) is 12.3. The molecule has 3 aromatic rings. The van der Waals surface area contributed by atoms with Crippen LogP contribution in [-0.2, 0) is 6.54 Å². The van der Waals surface area contributed by atoms with Crippen LogP contribution in [0.2, 0.25) is 5.02 Å². The largest absolute Gasteiger partial charge is 0.361 e. The Bertz CT molecular complexity index is 869. The van der Waals surface area contributed by atoms with Crippen molar-refractivity contribution >= 4 is 28.5 Å². The van der Waals surface area contributed by atoms with Crippen LogP contribution in [0.4, 0.5) is 5.95 Å². The maximum atomic E-state index is 11.7. The van der Waals surface area contributed by atoms with Crippen LogP contribution >= 0.6 is 11.6 Å². The van der Waals surface area contributed by atoms with Gasteiger partial charge in [0.25, 0.3) is 5.56 Å². The highest BCUT2D eigenvalue weighted by atomic mass is 35.5. The number of nitrogens with zero attached hydrogens (tertiary/aromatic N) is 3. The Morgan fingerprint density at radius 1 is 1.43 bits per heavy atom. The van der Waals surface area contributed by atoms with Crippen LogP contribution in [0.25, 0.3) is 10.9 Å². The first kappa shape index (κ1) is 13.4. The average molecular weight is 305 g/mol. The average Bonchev–Trinajstić information content (AvgIpc) is 2.86. The van der Waals surface area contributed by atoms with E-state index in [0.717, 1.165) is 21.1 Å². The molecule has 0 atom stereocenters. The quantitative estimate of drug-likeness (QED) is 0.635. The minimum atomic E-state index is -0.380. The third kappa shape index (κ3) is 2.43. The van der Waals surface area contributed by atoms with Gasteiger partial charge in [0, 0.05) is 28.7 Å². The zero-order chi connectivity index (χ0) is 15.0. The molecule has 0 aliphatic heterocycles. The Morgan fingerprint density at radius 2 is 2.24 bits per heavy atom. The molecule has 3 rings (SSSR count). The van der Waals surface area contributed by atoms with Gasteiger partial charge in [-0.2, -0.15) is 4.68 Å². The molecule has 4 N–H and O–H groups in total. The molecule has 0 radical (unpaired) electrons. The van der Waals surface area contributed by atoms with Crippen molar-refractivity contribution in [1.82, 2.24) is 19.9 Å². The highest BCUT2D eigenvalue weighted by Gasteiger charge is 2.08. The van der Waals surface area contributed by atoms with Crippen molar-refractivity contribution in [3.05, 3.63) is 51.0 Å². The van der Waals surface area contributed by atoms with Crippen molar-refractivity contribution in [2.24, 2.45) is 0 Å². The lowest BCUT2D eigenvalue weighted by atomic mass is 10.2. The van der Waals surface area contributed by atoms with E-state index in [1.54, 1.807) is 6.92 Å². The number of anilines is 1. The predicted molar refractivity (Wildman–Crippen MR) is 81.8 cm³/mol. The molecule has 0 fully saturated rings. The number of rotatable bonds is 3. The molecular formula is C13H13ClN6O. The molecule has 0 aliphatic rings. The minimum absolute atomic E-state index is 0.210. The number of nitrogens with one attached hydrogen (secondary N) is 2. The molecule has 1 aromatic carbocycles. The number of aryl methyl sites for hydroxylation is 1. The Kier molecular flexibility index (Phi) is 3.26. The van der Waals surface area contributed by atoms with E-state index in [1.807, 2.05) is 24.4 Å². The molecule has 0 saturated carbocycles. The van der Waals surface area contributed by atoms with Crippen molar-refractivity contribution in [3.63, 3.8) is 0 Å². The first-order valence-corrected chi connectivity index (χ1v) is 6.65. The molecule has 7 nitrogen and oxygen atoms in total. The molecule has 21 heavy (non-hydrogen) atoms. The summed E-state index contributed by atoms with van der Waals surface area (Å²) in [6.45, 7) is 2.00. The van der Waals surface area contributed by atoms with Crippen LogP contribution in [0.5, 0.6) is 0 Å². The first-order valence-electron chi connectivity index (χ1n) is 6.27. The van der Waals surface area contributed by atoms with Crippen molar-refractivity contribution in [1.29, 1.82) is 0 Å². The van der Waals surface area contributed by atoms with E-state index in [-0.39, 0.29) is 17.2 Å². The number of benzene rings is 1. The van der Waals surface area contributed by atoms with Gasteiger partial charge in [-0.1, -0.05) is 11.6 Å². The van der Waals surface area contributed by atoms with Gasteiger partial charge in [0.15, 0.2) is 0 Å². The summed E-state index contributed by atoms with van der Waals surface area (Å²) in [4.78, 5) is 14.8. The van der Waals surface area contributed by atoms with E-state index in [2.05, 4.69) is 20.5 Å². The van der Waals surface area contributed by atoms with Gasteiger partial charge in [0.1, 0.15) is 5.69 Å². The van der Waals surface area contributed by atoms with E-state index in [4.69, 9.17) is 17.4 Å². The second-order valence-electron chi connectivity index (χ2n) is 4.64. The summed E-state index contributed by atoms with van der Waals surface area (Å²) < 4.78 is 0.949. The Balaban J connectivity index is 1.89. The molecule has 8 heteroatoms. The molecular weight excluding hydrogens is 292 g/mol. The number of hydrogen-bond acceptors (Lipinski definition) is 5. The van der Waals surface area contributed by atoms with Crippen LogP contribution in [0, 0.1) is 6.92 Å². The summed E-state index contributed by atoms with van der Waals surface area (Å²) >= 11 is 6.01. The lowest BCUT2D eigenvalue weighted by molar-refractivity contribution is 0.793. The molecule has 0 saturated heterocycles. The van der Waals surface area contributed by atoms with Crippen LogP contribution in [0.3, 0.4) is 0 Å². The molecule has 0 aliphatic carbocycles. The van der Waals surface area contributed by atoms with Crippen LogP contribution in [-0.4, -0.2) is 19.9 Å². The fraction of sp³-hybridized carbons (Fsp3) is 0.154. The van der Waals surface area contributed by atoms with Gasteiger partial charge < -0.3 is 16.1 Å². The van der Waals surface area contributed by atoms with Crippen LogP contribution < -0.4 is 16.7 Å². The van der Waals surface area contributed by atoms with Crippen molar-refractivity contribution in [2.45, 2.75) is 13.5 Å². The lowest BCUT2D eigenvalue weighted by Crippen LogP contribution is -2.33. The Labute approximate surface area is 124 Å². The summed E-state index contributed by atoms with van der Waals surface area (Å²) in [6, 6.07) is 5.60. The van der Waals surface area contributed by atoms with E-state index in [1.165, 1.54) is 0 Å². The molecule has 0 amide bonds. The molecule has 0 bridgehead atoms. The van der Waals surface area contributed by atoms with Crippen molar-refractivity contribution in [3.8, 4) is 0 Å². The number of nitrogens with two attached hydrogens (primary N) is 1. The molecule has 0 spiro atoms. The number of fused-ring (bicyclic) bond motifs is 1. The Morgan fingerprint density at radius 3 is 3.05 bits per heavy atom. The number of aromatic nitrogens is 4. The maximum Gasteiger partial charge on any atom is 0.295 e. The normalized spacial score (nSPS) is 11.0. The van der Waals surface area contributed by atoms with Gasteiger partial charge in [-0.25, -0.2) is 0 Å². The monoisotopic (exact) mass is 304 g/mol. The topological polar surface area (TPSA) is 102 Å². The zero-order valence-corrected chi connectivity index (χ0v) is 12.0. The van der Waals surface area contributed by atoms with Crippen LogP contribution in [0.15, 0.2) is 29.2 Å². The number of nitrogen functional groups attached to an aromatic ring is 1. The smallest absolute Gasteiger partial charge is 0.295 e. The van der Waals surface area contributed by atoms with E-state index < -0.39 is 0 Å². The number of hydrogen-bond donors (Lipinski definition) is 3. The third-order valence-corrected chi connectivity index (χ3v) is 3.45. The van der Waals surface area contributed by atoms with E-state index >= 15 is 0 Å². The lowest BCUT2D eigenvalue weighted by Gasteiger charge is -2.08. The second-order valence-corrected chi connectivity index (χ2v) is 5.08. The second kappa shape index (κ2) is 5.10. The van der Waals surface area contributed by atoms with Crippen molar-refractivity contribution in [2.75, 3.05) is 11.2 Å².